The zero-order valence-corrected chi connectivity index (χ0v) is 15.6. The summed E-state index contributed by atoms with van der Waals surface area (Å²) in [5, 5.41) is 5.42. The molecule has 144 valence electrons. The lowest BCUT2D eigenvalue weighted by Crippen LogP contribution is -2.48. The average molecular weight is 372 g/mol. The highest BCUT2D eigenvalue weighted by molar-refractivity contribution is 6.11. The molecule has 8 nitrogen and oxygen atoms in total. The van der Waals surface area contributed by atoms with Gasteiger partial charge in [0.2, 0.25) is 5.91 Å². The number of nitrogens with zero attached hydrogens (tertiary/aromatic N) is 2. The Kier molecular flexibility index (Phi) is 5.16. The average Bonchev–Trinajstić information content (AvgIpc) is 2.86. The third-order valence-electron chi connectivity index (χ3n) is 5.09. The third-order valence-corrected chi connectivity index (χ3v) is 5.09. The maximum atomic E-state index is 12.7. The van der Waals surface area contributed by atoms with Gasteiger partial charge in [0.15, 0.2) is 0 Å². The summed E-state index contributed by atoms with van der Waals surface area (Å²) in [4.78, 5) is 52.1. The van der Waals surface area contributed by atoms with Gasteiger partial charge in [-0.25, -0.2) is 4.79 Å². The number of urea groups is 1. The van der Waals surface area contributed by atoms with Gasteiger partial charge in [-0.05, 0) is 25.0 Å². The van der Waals surface area contributed by atoms with E-state index in [9.17, 15) is 19.2 Å². The molecule has 0 unspecified atom stereocenters. The van der Waals surface area contributed by atoms with Crippen LogP contribution in [0.4, 0.5) is 10.5 Å². The number of carbonyl (C=O) groups is 4. The number of para-hydroxylation sites is 1. The Morgan fingerprint density at radius 1 is 1.15 bits per heavy atom. The predicted molar refractivity (Wildman–Crippen MR) is 99.1 cm³/mol. The molecule has 1 aliphatic heterocycles. The minimum Gasteiger partial charge on any atom is -0.345 e. The van der Waals surface area contributed by atoms with Crippen LogP contribution >= 0.6 is 0 Å². The zero-order chi connectivity index (χ0) is 19.6. The lowest BCUT2D eigenvalue weighted by Gasteiger charge is -2.30. The zero-order valence-electron chi connectivity index (χ0n) is 15.6. The fraction of sp³-hybridized carbons (Fsp3) is 0.474. The molecule has 1 aromatic rings. The molecule has 2 fully saturated rings. The van der Waals surface area contributed by atoms with Crippen molar-refractivity contribution in [1.82, 2.24) is 15.1 Å². The van der Waals surface area contributed by atoms with Crippen LogP contribution in [0.5, 0.6) is 0 Å². The summed E-state index contributed by atoms with van der Waals surface area (Å²) < 4.78 is 0. The van der Waals surface area contributed by atoms with Crippen LogP contribution in [-0.2, 0) is 9.59 Å². The molecular weight excluding hydrogens is 348 g/mol. The summed E-state index contributed by atoms with van der Waals surface area (Å²) in [6, 6.07) is 6.10. The van der Waals surface area contributed by atoms with Crippen molar-refractivity contribution in [2.75, 3.05) is 26.0 Å². The number of amides is 5. The summed E-state index contributed by atoms with van der Waals surface area (Å²) in [5.74, 6) is -1.10. The Morgan fingerprint density at radius 3 is 2.48 bits per heavy atom. The smallest absolute Gasteiger partial charge is 0.325 e. The lowest BCUT2D eigenvalue weighted by atomic mass is 9.82. The first-order valence-electron chi connectivity index (χ1n) is 9.09. The van der Waals surface area contributed by atoms with E-state index in [-0.39, 0.29) is 18.4 Å². The summed E-state index contributed by atoms with van der Waals surface area (Å²) >= 11 is 0. The number of rotatable bonds is 4. The maximum Gasteiger partial charge on any atom is 0.325 e. The van der Waals surface area contributed by atoms with E-state index in [1.807, 2.05) is 0 Å². The standard InChI is InChI=1S/C19H24N4O4/c1-22(2)16(25)13-8-4-5-9-14(13)20-15(24)12-23-17(26)19(21-18(23)27)10-6-3-7-11-19/h4-5,8-9H,3,6-7,10-12H2,1-2H3,(H,20,24)(H,21,27). The highest BCUT2D eigenvalue weighted by atomic mass is 16.2. The third kappa shape index (κ3) is 3.65. The van der Waals surface area contributed by atoms with Gasteiger partial charge in [-0.3, -0.25) is 19.3 Å². The minimum absolute atomic E-state index is 0.248. The quantitative estimate of drug-likeness (QED) is 0.784. The van der Waals surface area contributed by atoms with Crippen LogP contribution in [0.15, 0.2) is 24.3 Å². The second-order valence-electron chi connectivity index (χ2n) is 7.26. The van der Waals surface area contributed by atoms with Gasteiger partial charge < -0.3 is 15.5 Å². The number of imide groups is 1. The molecule has 2 aliphatic rings. The summed E-state index contributed by atoms with van der Waals surface area (Å²) in [7, 11) is 3.25. The Morgan fingerprint density at radius 2 is 1.81 bits per heavy atom. The molecule has 2 N–H and O–H groups in total. The Bertz CT molecular complexity index is 784. The molecule has 1 aromatic carbocycles. The molecule has 1 saturated heterocycles. The predicted octanol–water partition coefficient (Wildman–Crippen LogP) is 1.58. The van der Waals surface area contributed by atoms with Crippen molar-refractivity contribution in [3.63, 3.8) is 0 Å². The van der Waals surface area contributed by atoms with E-state index in [0.717, 1.165) is 24.2 Å². The van der Waals surface area contributed by atoms with E-state index in [1.54, 1.807) is 38.4 Å². The molecule has 5 amide bonds. The highest BCUT2D eigenvalue weighted by Gasteiger charge is 2.51. The van der Waals surface area contributed by atoms with Crippen LogP contribution in [-0.4, -0.2) is 59.7 Å². The van der Waals surface area contributed by atoms with Crippen LogP contribution in [0.3, 0.4) is 0 Å². The summed E-state index contributed by atoms with van der Waals surface area (Å²) in [6.07, 6.45) is 4.02. The molecule has 0 bridgehead atoms. The molecule has 0 radical (unpaired) electrons. The maximum absolute atomic E-state index is 12.7. The number of nitrogens with one attached hydrogen (secondary N) is 2. The first-order valence-corrected chi connectivity index (χ1v) is 9.09. The molecule has 8 heteroatoms. The van der Waals surface area contributed by atoms with E-state index >= 15 is 0 Å². The number of hydrogen-bond donors (Lipinski definition) is 2. The second kappa shape index (κ2) is 7.38. The van der Waals surface area contributed by atoms with Crippen LogP contribution in [0, 0.1) is 0 Å². The van der Waals surface area contributed by atoms with Crippen molar-refractivity contribution in [2.45, 2.75) is 37.6 Å². The van der Waals surface area contributed by atoms with Crippen molar-refractivity contribution in [3.8, 4) is 0 Å². The number of benzene rings is 1. The molecule has 3 rings (SSSR count). The Labute approximate surface area is 157 Å². The largest absolute Gasteiger partial charge is 0.345 e. The van der Waals surface area contributed by atoms with Gasteiger partial charge in [0.05, 0.1) is 11.3 Å². The Hall–Kier alpha value is -2.90. The van der Waals surface area contributed by atoms with Crippen LogP contribution in [0.25, 0.3) is 0 Å². The number of carbonyl (C=O) groups excluding carboxylic acids is 4. The van der Waals surface area contributed by atoms with E-state index < -0.39 is 17.5 Å². The van der Waals surface area contributed by atoms with Crippen LogP contribution in [0.2, 0.25) is 0 Å². The topological polar surface area (TPSA) is 98.8 Å². The fourth-order valence-corrected chi connectivity index (χ4v) is 3.67. The van der Waals surface area contributed by atoms with Crippen molar-refractivity contribution in [3.05, 3.63) is 29.8 Å². The fourth-order valence-electron chi connectivity index (χ4n) is 3.67. The highest BCUT2D eigenvalue weighted by Crippen LogP contribution is 2.33. The molecular formula is C19H24N4O4. The van der Waals surface area contributed by atoms with Crippen LogP contribution < -0.4 is 10.6 Å². The van der Waals surface area contributed by atoms with Gasteiger partial charge in [0.25, 0.3) is 11.8 Å². The van der Waals surface area contributed by atoms with Gasteiger partial charge in [0, 0.05) is 14.1 Å². The van der Waals surface area contributed by atoms with Gasteiger partial charge >= 0.3 is 6.03 Å². The van der Waals surface area contributed by atoms with Gasteiger partial charge in [-0.1, -0.05) is 31.4 Å². The number of hydrogen-bond acceptors (Lipinski definition) is 4. The normalized spacial score (nSPS) is 18.4. The first kappa shape index (κ1) is 18.9. The molecule has 0 atom stereocenters. The van der Waals surface area contributed by atoms with Gasteiger partial charge in [0.1, 0.15) is 12.1 Å². The van der Waals surface area contributed by atoms with E-state index in [0.29, 0.717) is 24.1 Å². The second-order valence-corrected chi connectivity index (χ2v) is 7.26. The van der Waals surface area contributed by atoms with E-state index in [2.05, 4.69) is 10.6 Å². The molecule has 0 aromatic heterocycles. The molecule has 1 heterocycles. The van der Waals surface area contributed by atoms with Gasteiger partial charge in [-0.15, -0.1) is 0 Å². The lowest BCUT2D eigenvalue weighted by molar-refractivity contribution is -0.134. The SMILES string of the molecule is CN(C)C(=O)c1ccccc1NC(=O)CN1C(=O)NC2(CCCCC2)C1=O. The Balaban J connectivity index is 1.71. The van der Waals surface area contributed by atoms with Crippen molar-refractivity contribution >= 4 is 29.4 Å². The van der Waals surface area contributed by atoms with Gasteiger partial charge in [-0.2, -0.15) is 0 Å². The van der Waals surface area contributed by atoms with Crippen molar-refractivity contribution < 1.29 is 19.2 Å². The van der Waals surface area contributed by atoms with E-state index in [4.69, 9.17) is 0 Å². The molecule has 1 saturated carbocycles. The summed E-state index contributed by atoms with van der Waals surface area (Å²) in [5.41, 5.74) is -0.161. The van der Waals surface area contributed by atoms with Crippen LogP contribution in [0.1, 0.15) is 42.5 Å². The molecule has 27 heavy (non-hydrogen) atoms. The molecule has 1 spiro atoms. The monoisotopic (exact) mass is 372 g/mol. The number of anilines is 1. The first-order chi connectivity index (χ1) is 12.8. The summed E-state index contributed by atoms with van der Waals surface area (Å²) in [6.45, 7) is -0.378. The minimum atomic E-state index is -0.853. The van der Waals surface area contributed by atoms with Crippen molar-refractivity contribution in [2.24, 2.45) is 0 Å². The molecule has 1 aliphatic carbocycles. The van der Waals surface area contributed by atoms with Crippen molar-refractivity contribution in [1.29, 1.82) is 0 Å². The van der Waals surface area contributed by atoms with E-state index in [1.165, 1.54) is 4.90 Å².